The van der Waals surface area contributed by atoms with E-state index in [-0.39, 0.29) is 0 Å². The van der Waals surface area contributed by atoms with Crippen molar-refractivity contribution in [3.8, 4) is 11.8 Å². The first-order valence-electron chi connectivity index (χ1n) is 3.88. The molecule has 3 nitrogen and oxygen atoms in total. The molecule has 3 heteroatoms. The van der Waals surface area contributed by atoms with Gasteiger partial charge in [-0.2, -0.15) is 5.26 Å². The minimum atomic E-state index is -0.498. The lowest BCUT2D eigenvalue weighted by Crippen LogP contribution is -2.08. The highest BCUT2D eigenvalue weighted by molar-refractivity contribution is 5.75. The van der Waals surface area contributed by atoms with Gasteiger partial charge in [0.1, 0.15) is 18.1 Å². The minimum Gasteiger partial charge on any atom is -0.476 e. The normalized spacial score (nSPS) is 11.4. The average molecular weight is 175 g/mol. The second-order valence-electron chi connectivity index (χ2n) is 2.58. The molecule has 0 amide bonds. The van der Waals surface area contributed by atoms with Crippen LogP contribution in [0.2, 0.25) is 0 Å². The van der Waals surface area contributed by atoms with E-state index >= 15 is 0 Å². The highest BCUT2D eigenvalue weighted by Gasteiger charge is 2.01. The molecule has 1 unspecified atom stereocenters. The summed E-state index contributed by atoms with van der Waals surface area (Å²) in [6.07, 6.45) is 0.242. The summed E-state index contributed by atoms with van der Waals surface area (Å²) in [5, 5.41) is 8.48. The molecule has 66 valence electrons. The summed E-state index contributed by atoms with van der Waals surface area (Å²) >= 11 is 0. The summed E-state index contributed by atoms with van der Waals surface area (Å²) in [7, 11) is 0. The summed E-state index contributed by atoms with van der Waals surface area (Å²) in [5.74, 6) is 0.540. The molecule has 0 spiro atoms. The van der Waals surface area contributed by atoms with E-state index in [4.69, 9.17) is 10.00 Å². The molecule has 0 saturated carbocycles. The van der Waals surface area contributed by atoms with Gasteiger partial charge in [0.2, 0.25) is 0 Å². The fourth-order valence-corrected chi connectivity index (χ4v) is 0.892. The van der Waals surface area contributed by atoms with Crippen LogP contribution in [-0.4, -0.2) is 12.4 Å². The lowest BCUT2D eigenvalue weighted by Gasteiger charge is -2.06. The van der Waals surface area contributed by atoms with Crippen molar-refractivity contribution in [1.29, 1.82) is 5.26 Å². The highest BCUT2D eigenvalue weighted by atomic mass is 16.5. The maximum absolute atomic E-state index is 10.4. The Morgan fingerprint density at radius 2 is 2.38 bits per heavy atom. The van der Waals surface area contributed by atoms with Crippen LogP contribution in [0.3, 0.4) is 0 Å². The smallest absolute Gasteiger partial charge is 0.181 e. The Morgan fingerprint density at radius 3 is 3.00 bits per heavy atom. The standard InChI is InChI=1S/C10H9NO2/c1-8(6-11)13-10-4-2-3-9(5-10)7-12/h2-5,7-8H,1H3. The van der Waals surface area contributed by atoms with Crippen molar-refractivity contribution in [2.24, 2.45) is 0 Å². The van der Waals surface area contributed by atoms with E-state index in [1.807, 2.05) is 6.07 Å². The van der Waals surface area contributed by atoms with Gasteiger partial charge < -0.3 is 4.74 Å². The number of hydrogen-bond donors (Lipinski definition) is 0. The van der Waals surface area contributed by atoms with E-state index in [9.17, 15) is 4.79 Å². The number of benzene rings is 1. The first-order chi connectivity index (χ1) is 6.26. The van der Waals surface area contributed by atoms with Crippen LogP contribution in [0.4, 0.5) is 0 Å². The first kappa shape index (κ1) is 9.27. The monoisotopic (exact) mass is 175 g/mol. The molecule has 0 saturated heterocycles. The molecule has 0 aliphatic carbocycles. The van der Waals surface area contributed by atoms with Crippen molar-refractivity contribution in [3.63, 3.8) is 0 Å². The number of rotatable bonds is 3. The van der Waals surface area contributed by atoms with Gasteiger partial charge in [0.15, 0.2) is 6.10 Å². The third-order valence-corrected chi connectivity index (χ3v) is 1.49. The van der Waals surface area contributed by atoms with E-state index in [1.54, 1.807) is 31.2 Å². The van der Waals surface area contributed by atoms with Crippen molar-refractivity contribution in [3.05, 3.63) is 29.8 Å². The molecule has 0 fully saturated rings. The van der Waals surface area contributed by atoms with Gasteiger partial charge in [-0.3, -0.25) is 4.79 Å². The Kier molecular flexibility index (Phi) is 3.04. The van der Waals surface area contributed by atoms with Gasteiger partial charge in [-0.05, 0) is 19.1 Å². The highest BCUT2D eigenvalue weighted by Crippen LogP contribution is 2.13. The van der Waals surface area contributed by atoms with Crippen molar-refractivity contribution in [2.75, 3.05) is 0 Å². The fourth-order valence-electron chi connectivity index (χ4n) is 0.892. The lowest BCUT2D eigenvalue weighted by molar-refractivity contribution is 0.112. The van der Waals surface area contributed by atoms with E-state index in [0.717, 1.165) is 6.29 Å². The quantitative estimate of drug-likeness (QED) is 0.658. The SMILES string of the molecule is CC(C#N)Oc1cccc(C=O)c1. The Bertz CT molecular complexity index is 341. The van der Waals surface area contributed by atoms with Crippen molar-refractivity contribution >= 4 is 6.29 Å². The van der Waals surface area contributed by atoms with Crippen LogP contribution in [0, 0.1) is 11.3 Å². The number of carbonyl (C=O) groups is 1. The molecule has 13 heavy (non-hydrogen) atoms. The van der Waals surface area contributed by atoms with Gasteiger partial charge in [-0.15, -0.1) is 0 Å². The minimum absolute atomic E-state index is 0.498. The lowest BCUT2D eigenvalue weighted by atomic mass is 10.2. The third-order valence-electron chi connectivity index (χ3n) is 1.49. The Labute approximate surface area is 76.6 Å². The van der Waals surface area contributed by atoms with Crippen LogP contribution in [0.25, 0.3) is 0 Å². The predicted octanol–water partition coefficient (Wildman–Crippen LogP) is 1.79. The molecule has 0 radical (unpaired) electrons. The van der Waals surface area contributed by atoms with E-state index in [1.165, 1.54) is 0 Å². The first-order valence-corrected chi connectivity index (χ1v) is 3.88. The number of nitriles is 1. The predicted molar refractivity (Wildman–Crippen MR) is 47.5 cm³/mol. The van der Waals surface area contributed by atoms with Crippen LogP contribution in [-0.2, 0) is 0 Å². The summed E-state index contributed by atoms with van der Waals surface area (Å²) < 4.78 is 5.19. The molecule has 0 aromatic heterocycles. The van der Waals surface area contributed by atoms with Gasteiger partial charge in [-0.25, -0.2) is 0 Å². The van der Waals surface area contributed by atoms with Crippen molar-refractivity contribution in [1.82, 2.24) is 0 Å². The summed E-state index contributed by atoms with van der Waals surface area (Å²) in [5.41, 5.74) is 0.544. The third kappa shape index (κ3) is 2.60. The van der Waals surface area contributed by atoms with Crippen LogP contribution in [0.5, 0.6) is 5.75 Å². The van der Waals surface area contributed by atoms with E-state index in [0.29, 0.717) is 11.3 Å². The summed E-state index contributed by atoms with van der Waals surface area (Å²) in [6.45, 7) is 1.65. The van der Waals surface area contributed by atoms with Gasteiger partial charge in [-0.1, -0.05) is 12.1 Å². The van der Waals surface area contributed by atoms with Crippen LogP contribution < -0.4 is 4.74 Å². The Balaban J connectivity index is 2.78. The molecule has 1 aromatic rings. The van der Waals surface area contributed by atoms with Crippen LogP contribution >= 0.6 is 0 Å². The summed E-state index contributed by atoms with van der Waals surface area (Å²) in [4.78, 5) is 10.4. The van der Waals surface area contributed by atoms with Gasteiger partial charge in [0.25, 0.3) is 0 Å². The Morgan fingerprint density at radius 1 is 1.62 bits per heavy atom. The van der Waals surface area contributed by atoms with Crippen LogP contribution in [0.1, 0.15) is 17.3 Å². The zero-order valence-corrected chi connectivity index (χ0v) is 7.23. The molecule has 0 N–H and O–H groups in total. The van der Waals surface area contributed by atoms with Gasteiger partial charge in [0.05, 0.1) is 0 Å². The molecule has 1 rings (SSSR count). The molecular weight excluding hydrogens is 166 g/mol. The zero-order chi connectivity index (χ0) is 9.68. The molecule has 0 aliphatic rings. The van der Waals surface area contributed by atoms with Gasteiger partial charge >= 0.3 is 0 Å². The second kappa shape index (κ2) is 4.27. The zero-order valence-electron chi connectivity index (χ0n) is 7.23. The van der Waals surface area contributed by atoms with E-state index in [2.05, 4.69) is 0 Å². The molecule has 0 bridgehead atoms. The number of nitrogens with zero attached hydrogens (tertiary/aromatic N) is 1. The maximum Gasteiger partial charge on any atom is 0.181 e. The summed E-state index contributed by atoms with van der Waals surface area (Å²) in [6, 6.07) is 8.64. The van der Waals surface area contributed by atoms with Crippen molar-refractivity contribution < 1.29 is 9.53 Å². The fraction of sp³-hybridized carbons (Fsp3) is 0.200. The van der Waals surface area contributed by atoms with Crippen LogP contribution in [0.15, 0.2) is 24.3 Å². The van der Waals surface area contributed by atoms with E-state index < -0.39 is 6.10 Å². The number of aldehydes is 1. The average Bonchev–Trinajstić information content (AvgIpc) is 2.18. The van der Waals surface area contributed by atoms with Gasteiger partial charge in [0, 0.05) is 5.56 Å². The topological polar surface area (TPSA) is 50.1 Å². The number of carbonyl (C=O) groups excluding carboxylic acids is 1. The number of ether oxygens (including phenoxy) is 1. The second-order valence-corrected chi connectivity index (χ2v) is 2.58. The number of hydrogen-bond acceptors (Lipinski definition) is 3. The van der Waals surface area contributed by atoms with Crippen molar-refractivity contribution in [2.45, 2.75) is 13.0 Å². The molecular formula is C10H9NO2. The molecule has 0 aliphatic heterocycles. The Hall–Kier alpha value is -1.82. The maximum atomic E-state index is 10.4. The molecule has 1 atom stereocenters. The molecule has 0 heterocycles. The largest absolute Gasteiger partial charge is 0.476 e. The molecule has 1 aromatic carbocycles.